The highest BCUT2D eigenvalue weighted by molar-refractivity contribution is 7.13. The average molecular weight is 249 g/mol. The van der Waals surface area contributed by atoms with Crippen LogP contribution in [0.2, 0.25) is 0 Å². The highest BCUT2D eigenvalue weighted by Crippen LogP contribution is 2.25. The number of aromatic nitrogens is 1. The van der Waals surface area contributed by atoms with E-state index in [1.165, 1.54) is 0 Å². The van der Waals surface area contributed by atoms with Gasteiger partial charge in [-0.05, 0) is 31.2 Å². The summed E-state index contributed by atoms with van der Waals surface area (Å²) < 4.78 is 5.11. The second kappa shape index (κ2) is 5.29. The molecule has 0 fully saturated rings. The quantitative estimate of drug-likeness (QED) is 0.906. The molecule has 1 N–H and O–H groups in total. The van der Waals surface area contributed by atoms with Crippen LogP contribution in [0.1, 0.15) is 12.6 Å². The van der Waals surface area contributed by atoms with Crippen molar-refractivity contribution in [2.75, 3.05) is 7.11 Å². The molecule has 2 aromatic rings. The van der Waals surface area contributed by atoms with Crippen molar-refractivity contribution >= 4 is 11.3 Å². The molecule has 2 rings (SSSR count). The highest BCUT2D eigenvalue weighted by Gasteiger charge is 2.06. The second-order valence-electron chi connectivity index (χ2n) is 3.93. The first-order chi connectivity index (χ1) is 8.19. The van der Waals surface area contributed by atoms with Crippen molar-refractivity contribution in [3.63, 3.8) is 0 Å². The van der Waals surface area contributed by atoms with Crippen LogP contribution in [0.25, 0.3) is 10.6 Å². The first kappa shape index (κ1) is 12.1. The van der Waals surface area contributed by atoms with Gasteiger partial charge >= 0.3 is 0 Å². The van der Waals surface area contributed by atoms with Crippen molar-refractivity contribution in [3.8, 4) is 16.3 Å². The van der Waals surface area contributed by atoms with Crippen LogP contribution in [-0.4, -0.2) is 23.3 Å². The average Bonchev–Trinajstić information content (AvgIpc) is 2.77. The third-order valence-electron chi connectivity index (χ3n) is 2.39. The Hall–Kier alpha value is -1.39. The van der Waals surface area contributed by atoms with E-state index in [9.17, 15) is 5.11 Å². The molecular formula is C13H15NO2S. The normalized spacial score (nSPS) is 12.4. The monoisotopic (exact) mass is 249 g/mol. The summed E-state index contributed by atoms with van der Waals surface area (Å²) in [6, 6.07) is 7.82. The molecule has 1 aromatic heterocycles. The Morgan fingerprint density at radius 3 is 2.65 bits per heavy atom. The van der Waals surface area contributed by atoms with Crippen LogP contribution in [0, 0.1) is 0 Å². The van der Waals surface area contributed by atoms with E-state index in [4.69, 9.17) is 4.74 Å². The summed E-state index contributed by atoms with van der Waals surface area (Å²) in [6.45, 7) is 1.77. The van der Waals surface area contributed by atoms with Crippen LogP contribution in [0.4, 0.5) is 0 Å². The molecule has 90 valence electrons. The number of aliphatic hydroxyl groups excluding tert-OH is 1. The molecule has 0 bridgehead atoms. The van der Waals surface area contributed by atoms with Crippen molar-refractivity contribution in [3.05, 3.63) is 35.3 Å². The summed E-state index contributed by atoms with van der Waals surface area (Å²) in [4.78, 5) is 4.49. The summed E-state index contributed by atoms with van der Waals surface area (Å²) in [5, 5.41) is 12.3. The maximum absolute atomic E-state index is 9.30. The fourth-order valence-corrected chi connectivity index (χ4v) is 2.41. The topological polar surface area (TPSA) is 42.4 Å². The summed E-state index contributed by atoms with van der Waals surface area (Å²) in [7, 11) is 1.65. The number of aliphatic hydroxyl groups is 1. The molecule has 0 amide bonds. The summed E-state index contributed by atoms with van der Waals surface area (Å²) in [6.07, 6.45) is 0.257. The molecule has 0 saturated carbocycles. The Bertz CT molecular complexity index is 476. The summed E-state index contributed by atoms with van der Waals surface area (Å²) in [5.41, 5.74) is 2.02. The molecule has 1 atom stereocenters. The standard InChI is InChI=1S/C13H15NO2S/c1-9(15)7-11-8-17-13(14-11)10-3-5-12(16-2)6-4-10/h3-6,8-9,15H,7H2,1-2H3. The van der Waals surface area contributed by atoms with Gasteiger partial charge in [-0.2, -0.15) is 0 Å². The maximum Gasteiger partial charge on any atom is 0.123 e. The summed E-state index contributed by atoms with van der Waals surface area (Å²) in [5.74, 6) is 0.842. The predicted octanol–water partition coefficient (Wildman–Crippen LogP) is 2.74. The minimum atomic E-state index is -0.346. The van der Waals surface area contributed by atoms with Gasteiger partial charge in [0, 0.05) is 17.4 Å². The van der Waals surface area contributed by atoms with Gasteiger partial charge in [0.2, 0.25) is 0 Å². The van der Waals surface area contributed by atoms with Crippen LogP contribution < -0.4 is 4.74 Å². The number of hydrogen-bond acceptors (Lipinski definition) is 4. The van der Waals surface area contributed by atoms with Gasteiger partial charge < -0.3 is 9.84 Å². The Morgan fingerprint density at radius 1 is 1.35 bits per heavy atom. The highest BCUT2D eigenvalue weighted by atomic mass is 32.1. The zero-order valence-corrected chi connectivity index (χ0v) is 10.7. The lowest BCUT2D eigenvalue weighted by Crippen LogP contribution is -2.04. The SMILES string of the molecule is COc1ccc(-c2nc(CC(C)O)cs2)cc1. The van der Waals surface area contributed by atoms with Crippen molar-refractivity contribution in [1.29, 1.82) is 0 Å². The van der Waals surface area contributed by atoms with Crippen LogP contribution in [0.15, 0.2) is 29.6 Å². The Kier molecular flexibility index (Phi) is 3.76. The van der Waals surface area contributed by atoms with Gasteiger partial charge in [-0.25, -0.2) is 4.98 Å². The number of rotatable bonds is 4. The van der Waals surface area contributed by atoms with Crippen LogP contribution >= 0.6 is 11.3 Å². The molecule has 0 aliphatic carbocycles. The number of thiazole rings is 1. The van der Waals surface area contributed by atoms with E-state index in [2.05, 4.69) is 4.98 Å². The van der Waals surface area contributed by atoms with Gasteiger partial charge in [-0.1, -0.05) is 0 Å². The van der Waals surface area contributed by atoms with E-state index in [-0.39, 0.29) is 6.10 Å². The maximum atomic E-state index is 9.30. The third-order valence-corrected chi connectivity index (χ3v) is 3.33. The summed E-state index contributed by atoms with van der Waals surface area (Å²) >= 11 is 1.60. The molecule has 1 heterocycles. The number of benzene rings is 1. The van der Waals surface area contributed by atoms with Gasteiger partial charge in [-0.3, -0.25) is 0 Å². The molecule has 1 aromatic carbocycles. The van der Waals surface area contributed by atoms with Crippen molar-refractivity contribution in [2.45, 2.75) is 19.4 Å². The molecule has 0 aliphatic rings. The minimum Gasteiger partial charge on any atom is -0.497 e. The van der Waals surface area contributed by atoms with Gasteiger partial charge in [0.1, 0.15) is 10.8 Å². The lowest BCUT2D eigenvalue weighted by molar-refractivity contribution is 0.194. The van der Waals surface area contributed by atoms with Gasteiger partial charge in [-0.15, -0.1) is 11.3 Å². The van der Waals surface area contributed by atoms with Crippen LogP contribution in [0.3, 0.4) is 0 Å². The van der Waals surface area contributed by atoms with Crippen molar-refractivity contribution in [1.82, 2.24) is 4.98 Å². The van der Waals surface area contributed by atoms with Gasteiger partial charge in [0.15, 0.2) is 0 Å². The van der Waals surface area contributed by atoms with E-state index >= 15 is 0 Å². The third kappa shape index (κ3) is 3.05. The van der Waals surface area contributed by atoms with E-state index in [1.807, 2.05) is 29.6 Å². The first-order valence-corrected chi connectivity index (χ1v) is 6.34. The van der Waals surface area contributed by atoms with Crippen LogP contribution in [-0.2, 0) is 6.42 Å². The zero-order valence-electron chi connectivity index (χ0n) is 9.88. The Morgan fingerprint density at radius 2 is 2.06 bits per heavy atom. The number of nitrogens with zero attached hydrogens (tertiary/aromatic N) is 1. The number of ether oxygens (including phenoxy) is 1. The molecule has 0 aliphatic heterocycles. The molecule has 0 radical (unpaired) electrons. The Balaban J connectivity index is 2.18. The molecule has 0 spiro atoms. The van der Waals surface area contributed by atoms with Gasteiger partial charge in [0.25, 0.3) is 0 Å². The second-order valence-corrected chi connectivity index (χ2v) is 4.78. The molecule has 17 heavy (non-hydrogen) atoms. The molecule has 1 unspecified atom stereocenters. The van der Waals surface area contributed by atoms with E-state index < -0.39 is 0 Å². The van der Waals surface area contributed by atoms with E-state index in [1.54, 1.807) is 25.4 Å². The smallest absolute Gasteiger partial charge is 0.123 e. The first-order valence-electron chi connectivity index (χ1n) is 5.46. The van der Waals surface area contributed by atoms with Crippen LogP contribution in [0.5, 0.6) is 5.75 Å². The fraction of sp³-hybridized carbons (Fsp3) is 0.308. The fourth-order valence-electron chi connectivity index (χ4n) is 1.57. The Labute approximate surface area is 105 Å². The molecular weight excluding hydrogens is 234 g/mol. The number of methoxy groups -OCH3 is 1. The lowest BCUT2D eigenvalue weighted by atomic mass is 10.2. The predicted molar refractivity (Wildman–Crippen MR) is 69.5 cm³/mol. The van der Waals surface area contributed by atoms with Crippen molar-refractivity contribution < 1.29 is 9.84 Å². The molecule has 0 saturated heterocycles. The van der Waals surface area contributed by atoms with Crippen molar-refractivity contribution in [2.24, 2.45) is 0 Å². The van der Waals surface area contributed by atoms with E-state index in [0.717, 1.165) is 22.0 Å². The number of hydrogen-bond donors (Lipinski definition) is 1. The molecule has 3 nitrogen and oxygen atoms in total. The zero-order chi connectivity index (χ0) is 12.3. The molecule has 4 heteroatoms. The largest absolute Gasteiger partial charge is 0.497 e. The minimum absolute atomic E-state index is 0.346. The van der Waals surface area contributed by atoms with Gasteiger partial charge in [0.05, 0.1) is 18.9 Å². The lowest BCUT2D eigenvalue weighted by Gasteiger charge is -2.01. The van der Waals surface area contributed by atoms with E-state index in [0.29, 0.717) is 6.42 Å².